The fourth-order valence-electron chi connectivity index (χ4n) is 3.34. The van der Waals surface area contributed by atoms with Gasteiger partial charge >= 0.3 is 0 Å². The first kappa shape index (κ1) is 18.4. The SMILES string of the molecule is CCCCCNC(=O)C(C)N1CCCCC1C(C)NCC. The molecule has 0 radical (unpaired) electrons. The van der Waals surface area contributed by atoms with Crippen molar-refractivity contribution in [1.82, 2.24) is 15.5 Å². The molecule has 3 atom stereocenters. The molecule has 21 heavy (non-hydrogen) atoms. The highest BCUT2D eigenvalue weighted by Crippen LogP contribution is 2.22. The molecule has 1 fully saturated rings. The van der Waals surface area contributed by atoms with Gasteiger partial charge < -0.3 is 10.6 Å². The minimum atomic E-state index is -0.0157. The number of hydrogen-bond acceptors (Lipinski definition) is 3. The van der Waals surface area contributed by atoms with Crippen molar-refractivity contribution in [2.45, 2.75) is 84.3 Å². The molecule has 0 saturated carbocycles. The molecule has 0 aromatic carbocycles. The Morgan fingerprint density at radius 2 is 2.00 bits per heavy atom. The summed E-state index contributed by atoms with van der Waals surface area (Å²) in [6.07, 6.45) is 7.16. The van der Waals surface area contributed by atoms with Crippen LogP contribution in [0.3, 0.4) is 0 Å². The Labute approximate surface area is 131 Å². The minimum Gasteiger partial charge on any atom is -0.355 e. The lowest BCUT2D eigenvalue weighted by Gasteiger charge is -2.42. The summed E-state index contributed by atoms with van der Waals surface area (Å²) in [5, 5.41) is 6.63. The number of likely N-dealkylation sites (N-methyl/N-ethyl adjacent to an activating group) is 1. The minimum absolute atomic E-state index is 0.0157. The van der Waals surface area contributed by atoms with Crippen LogP contribution in [0.5, 0.6) is 0 Å². The van der Waals surface area contributed by atoms with Crippen molar-refractivity contribution in [2.24, 2.45) is 0 Å². The topological polar surface area (TPSA) is 44.4 Å². The largest absolute Gasteiger partial charge is 0.355 e. The number of amides is 1. The Hall–Kier alpha value is -0.610. The number of hydrogen-bond donors (Lipinski definition) is 2. The predicted molar refractivity (Wildman–Crippen MR) is 89.5 cm³/mol. The third-order valence-electron chi connectivity index (χ3n) is 4.65. The van der Waals surface area contributed by atoms with Gasteiger partial charge in [-0.1, -0.05) is 33.1 Å². The Bertz CT molecular complexity index is 296. The van der Waals surface area contributed by atoms with Gasteiger partial charge in [-0.3, -0.25) is 9.69 Å². The number of nitrogens with one attached hydrogen (secondary N) is 2. The summed E-state index contributed by atoms with van der Waals surface area (Å²) in [5.41, 5.74) is 0. The van der Waals surface area contributed by atoms with Gasteiger partial charge in [0.25, 0.3) is 0 Å². The summed E-state index contributed by atoms with van der Waals surface area (Å²) < 4.78 is 0. The van der Waals surface area contributed by atoms with Gasteiger partial charge in [0, 0.05) is 18.6 Å². The molecule has 1 aliphatic heterocycles. The number of carbonyl (C=O) groups excluding carboxylic acids is 1. The molecule has 0 aliphatic carbocycles. The molecule has 0 spiro atoms. The maximum atomic E-state index is 12.4. The Morgan fingerprint density at radius 1 is 1.24 bits per heavy atom. The van der Waals surface area contributed by atoms with Gasteiger partial charge in [0.15, 0.2) is 0 Å². The summed E-state index contributed by atoms with van der Waals surface area (Å²) in [7, 11) is 0. The number of nitrogens with zero attached hydrogens (tertiary/aromatic N) is 1. The molecular weight excluding hydrogens is 262 g/mol. The molecule has 4 heteroatoms. The maximum absolute atomic E-state index is 12.4. The molecule has 0 aromatic heterocycles. The molecule has 124 valence electrons. The molecule has 4 nitrogen and oxygen atoms in total. The number of rotatable bonds is 9. The van der Waals surface area contributed by atoms with E-state index < -0.39 is 0 Å². The smallest absolute Gasteiger partial charge is 0.237 e. The average Bonchev–Trinajstić information content (AvgIpc) is 2.51. The van der Waals surface area contributed by atoms with E-state index in [4.69, 9.17) is 0 Å². The maximum Gasteiger partial charge on any atom is 0.237 e. The molecule has 1 saturated heterocycles. The molecule has 1 heterocycles. The van der Waals surface area contributed by atoms with Crippen LogP contribution in [0.2, 0.25) is 0 Å². The van der Waals surface area contributed by atoms with Crippen molar-refractivity contribution in [1.29, 1.82) is 0 Å². The molecule has 2 N–H and O–H groups in total. The second-order valence-electron chi connectivity index (χ2n) is 6.32. The second-order valence-corrected chi connectivity index (χ2v) is 6.32. The molecule has 1 rings (SSSR count). The van der Waals surface area contributed by atoms with Crippen molar-refractivity contribution in [3.05, 3.63) is 0 Å². The fraction of sp³-hybridized carbons (Fsp3) is 0.941. The third kappa shape index (κ3) is 5.95. The van der Waals surface area contributed by atoms with E-state index in [-0.39, 0.29) is 11.9 Å². The summed E-state index contributed by atoms with van der Waals surface area (Å²) >= 11 is 0. The Balaban J connectivity index is 2.51. The van der Waals surface area contributed by atoms with Crippen LogP contribution in [0.1, 0.15) is 66.2 Å². The fourth-order valence-corrected chi connectivity index (χ4v) is 3.34. The molecule has 3 unspecified atom stereocenters. The molecule has 1 amide bonds. The van der Waals surface area contributed by atoms with E-state index >= 15 is 0 Å². The van der Waals surface area contributed by atoms with Gasteiger partial charge in [-0.2, -0.15) is 0 Å². The first-order valence-electron chi connectivity index (χ1n) is 8.88. The van der Waals surface area contributed by atoms with Gasteiger partial charge in [-0.05, 0) is 46.2 Å². The van der Waals surface area contributed by atoms with Crippen LogP contribution in [0.4, 0.5) is 0 Å². The molecule has 1 aliphatic rings. The van der Waals surface area contributed by atoms with E-state index in [0.717, 1.165) is 26.1 Å². The van der Waals surface area contributed by atoms with Crippen molar-refractivity contribution < 1.29 is 4.79 Å². The number of piperidine rings is 1. The van der Waals surface area contributed by atoms with Gasteiger partial charge in [0.2, 0.25) is 5.91 Å². The normalized spacial score (nSPS) is 22.8. The summed E-state index contributed by atoms with van der Waals surface area (Å²) in [5.74, 6) is 0.196. The van der Waals surface area contributed by atoms with E-state index in [2.05, 4.69) is 43.2 Å². The van der Waals surface area contributed by atoms with Crippen LogP contribution < -0.4 is 10.6 Å². The first-order valence-corrected chi connectivity index (χ1v) is 8.88. The standard InChI is InChI=1S/C17H35N3O/c1-5-7-9-12-19-17(21)15(4)20-13-10-8-11-16(20)14(3)18-6-2/h14-16,18H,5-13H2,1-4H3,(H,19,21). The monoisotopic (exact) mass is 297 g/mol. The zero-order valence-electron chi connectivity index (χ0n) is 14.5. The highest BCUT2D eigenvalue weighted by atomic mass is 16.2. The Morgan fingerprint density at radius 3 is 2.67 bits per heavy atom. The van der Waals surface area contributed by atoms with Crippen LogP contribution >= 0.6 is 0 Å². The number of likely N-dealkylation sites (tertiary alicyclic amines) is 1. The third-order valence-corrected chi connectivity index (χ3v) is 4.65. The lowest BCUT2D eigenvalue weighted by molar-refractivity contribution is -0.127. The van der Waals surface area contributed by atoms with E-state index in [1.54, 1.807) is 0 Å². The van der Waals surface area contributed by atoms with Crippen LogP contribution in [-0.2, 0) is 4.79 Å². The highest BCUT2D eigenvalue weighted by molar-refractivity contribution is 5.81. The van der Waals surface area contributed by atoms with Crippen LogP contribution in [0.15, 0.2) is 0 Å². The molecular formula is C17H35N3O. The molecule has 0 aromatic rings. The second kappa shape index (κ2) is 10.2. The highest BCUT2D eigenvalue weighted by Gasteiger charge is 2.32. The zero-order valence-corrected chi connectivity index (χ0v) is 14.5. The number of unbranched alkanes of at least 4 members (excludes halogenated alkanes) is 2. The quantitative estimate of drug-likeness (QED) is 0.643. The Kier molecular flexibility index (Phi) is 8.93. The van der Waals surface area contributed by atoms with Gasteiger partial charge in [-0.15, -0.1) is 0 Å². The summed E-state index contributed by atoms with van der Waals surface area (Å²) in [6, 6.07) is 0.916. The van der Waals surface area contributed by atoms with E-state index in [1.165, 1.54) is 32.1 Å². The van der Waals surface area contributed by atoms with Crippen LogP contribution in [0.25, 0.3) is 0 Å². The summed E-state index contributed by atoms with van der Waals surface area (Å²) in [4.78, 5) is 14.8. The van der Waals surface area contributed by atoms with E-state index in [1.807, 2.05) is 0 Å². The molecule has 0 bridgehead atoms. The van der Waals surface area contributed by atoms with Gasteiger partial charge in [0.05, 0.1) is 6.04 Å². The van der Waals surface area contributed by atoms with Crippen molar-refractivity contribution in [3.8, 4) is 0 Å². The average molecular weight is 297 g/mol. The van der Waals surface area contributed by atoms with E-state index in [9.17, 15) is 4.79 Å². The van der Waals surface area contributed by atoms with E-state index in [0.29, 0.717) is 12.1 Å². The van der Waals surface area contributed by atoms with Crippen molar-refractivity contribution in [2.75, 3.05) is 19.6 Å². The first-order chi connectivity index (χ1) is 10.1. The van der Waals surface area contributed by atoms with Crippen molar-refractivity contribution in [3.63, 3.8) is 0 Å². The van der Waals surface area contributed by atoms with Gasteiger partial charge in [-0.25, -0.2) is 0 Å². The number of carbonyl (C=O) groups is 1. The summed E-state index contributed by atoms with van der Waals surface area (Å²) in [6.45, 7) is 11.5. The predicted octanol–water partition coefficient (Wildman–Crippen LogP) is 2.53. The lowest BCUT2D eigenvalue weighted by Crippen LogP contribution is -2.57. The van der Waals surface area contributed by atoms with Crippen LogP contribution in [-0.4, -0.2) is 48.6 Å². The lowest BCUT2D eigenvalue weighted by atomic mass is 9.94. The van der Waals surface area contributed by atoms with Crippen LogP contribution in [0, 0.1) is 0 Å². The van der Waals surface area contributed by atoms with Gasteiger partial charge in [0.1, 0.15) is 0 Å². The zero-order chi connectivity index (χ0) is 15.7. The van der Waals surface area contributed by atoms with Crippen molar-refractivity contribution >= 4 is 5.91 Å².